The molecular formula is C38H47ClF2N6O5. The molecule has 1 amide bonds. The Balaban J connectivity index is 1.20. The zero-order chi connectivity index (χ0) is 36.5. The molecule has 8 rings (SSSR count). The third-order valence-electron chi connectivity index (χ3n) is 11.4. The number of anilines is 1. The lowest BCUT2D eigenvalue weighted by molar-refractivity contribution is 0.0122. The molecular weight excluding hydrogens is 694 g/mol. The Bertz CT molecular complexity index is 1870. The van der Waals surface area contributed by atoms with E-state index < -0.39 is 23.1 Å². The molecule has 0 radical (unpaired) electrons. The van der Waals surface area contributed by atoms with Crippen molar-refractivity contribution >= 4 is 34.4 Å². The van der Waals surface area contributed by atoms with Gasteiger partial charge in [-0.15, -0.1) is 0 Å². The van der Waals surface area contributed by atoms with Crippen LogP contribution in [0, 0.1) is 11.7 Å². The molecule has 0 N–H and O–H groups in total. The van der Waals surface area contributed by atoms with Crippen LogP contribution in [0.1, 0.15) is 77.7 Å². The lowest BCUT2D eigenvalue weighted by Gasteiger charge is -2.42. The first kappa shape index (κ1) is 35.5. The molecule has 280 valence electrons. The van der Waals surface area contributed by atoms with Gasteiger partial charge in [-0.1, -0.05) is 18.5 Å². The molecule has 1 aliphatic carbocycles. The highest BCUT2D eigenvalue weighted by Crippen LogP contribution is 2.53. The van der Waals surface area contributed by atoms with Gasteiger partial charge in [0.2, 0.25) is 0 Å². The fourth-order valence-electron chi connectivity index (χ4n) is 8.95. The summed E-state index contributed by atoms with van der Waals surface area (Å²) >= 11 is 6.86. The fraction of sp³-hybridized carbons (Fsp3) is 0.632. The molecule has 11 nitrogen and oxygen atoms in total. The number of aromatic nitrogens is 3. The van der Waals surface area contributed by atoms with E-state index >= 15 is 4.39 Å². The molecule has 0 spiro atoms. The molecule has 52 heavy (non-hydrogen) atoms. The van der Waals surface area contributed by atoms with Crippen molar-refractivity contribution < 1.29 is 32.5 Å². The van der Waals surface area contributed by atoms with Crippen molar-refractivity contribution in [1.29, 1.82) is 0 Å². The second-order valence-corrected chi connectivity index (χ2v) is 16.7. The highest BCUT2D eigenvalue weighted by Gasteiger charge is 2.50. The molecule has 3 aromatic rings. The maximum Gasteiger partial charge on any atom is 0.410 e. The fourth-order valence-corrected chi connectivity index (χ4v) is 9.30. The summed E-state index contributed by atoms with van der Waals surface area (Å²) < 4.78 is 54.8. The summed E-state index contributed by atoms with van der Waals surface area (Å²) in [5.41, 5.74) is 0.487. The van der Waals surface area contributed by atoms with Gasteiger partial charge < -0.3 is 23.8 Å². The van der Waals surface area contributed by atoms with Crippen LogP contribution in [0.25, 0.3) is 22.2 Å². The van der Waals surface area contributed by atoms with Crippen molar-refractivity contribution in [2.45, 2.75) is 102 Å². The smallest absolute Gasteiger partial charge is 0.410 e. The van der Waals surface area contributed by atoms with Gasteiger partial charge in [-0.2, -0.15) is 9.97 Å². The molecule has 2 unspecified atom stereocenters. The third-order valence-corrected chi connectivity index (χ3v) is 11.8. The van der Waals surface area contributed by atoms with Gasteiger partial charge in [-0.05, 0) is 89.0 Å². The predicted octanol–water partition coefficient (Wildman–Crippen LogP) is 7.13. The van der Waals surface area contributed by atoms with E-state index in [1.807, 2.05) is 25.7 Å². The van der Waals surface area contributed by atoms with E-state index in [9.17, 15) is 9.18 Å². The van der Waals surface area contributed by atoms with Crippen molar-refractivity contribution in [1.82, 2.24) is 24.8 Å². The Kier molecular flexibility index (Phi) is 9.13. The number of alkyl halides is 1. The number of ether oxygens (including phenoxy) is 4. The van der Waals surface area contributed by atoms with Gasteiger partial charge >= 0.3 is 12.1 Å². The molecule has 6 heterocycles. The number of amides is 1. The minimum atomic E-state index is -0.918. The SMILES string of the molecule is COCOc1cc(Cl)c([C@@H]2C[C@H]2C)c(-c2ncc3c(N4CC5CCC(C4)N5C(=O)OC(C)(C)C)nc(OC[C@@]45CCCN4C[C@H](F)C5)nc3c2F)c1. The van der Waals surface area contributed by atoms with Crippen LogP contribution in [-0.2, 0) is 9.47 Å². The first-order valence-corrected chi connectivity index (χ1v) is 18.8. The number of nitrogens with zero attached hydrogens (tertiary/aromatic N) is 6. The molecule has 5 aliphatic rings. The zero-order valence-electron chi connectivity index (χ0n) is 30.5. The number of pyridine rings is 1. The van der Waals surface area contributed by atoms with Crippen molar-refractivity contribution in [2.75, 3.05) is 51.6 Å². The number of rotatable bonds is 9. The van der Waals surface area contributed by atoms with Gasteiger partial charge in [-0.25, -0.2) is 13.6 Å². The largest absolute Gasteiger partial charge is 0.467 e. The number of hydrogen-bond donors (Lipinski definition) is 0. The highest BCUT2D eigenvalue weighted by atomic mass is 35.5. The number of hydrogen-bond acceptors (Lipinski definition) is 10. The highest BCUT2D eigenvalue weighted by molar-refractivity contribution is 6.32. The lowest BCUT2D eigenvalue weighted by Crippen LogP contribution is -2.57. The van der Waals surface area contributed by atoms with E-state index in [1.54, 1.807) is 18.3 Å². The van der Waals surface area contributed by atoms with E-state index in [4.69, 9.17) is 40.5 Å². The summed E-state index contributed by atoms with van der Waals surface area (Å²) in [5, 5.41) is 0.913. The standard InChI is InChI=1S/C38H47ClF2N6O5/c1-21-11-26(21)30-27(12-25(13-29(30)39)51-20-49-5)32-31(41)33-28(15-42-32)34(44-35(43-33)50-19-38-9-6-10-46(38)16-22(40)14-38)45-17-23-7-8-24(18-45)47(23)36(48)52-37(2,3)4/h12-13,15,21-24,26H,6-11,14,16-20H2,1-5H3/t21-,22-,23?,24?,26-,38+/m1/s1. The average molecular weight is 741 g/mol. The molecule has 5 fully saturated rings. The quantitative estimate of drug-likeness (QED) is 0.211. The van der Waals surface area contributed by atoms with E-state index in [-0.39, 0.29) is 54.7 Å². The van der Waals surface area contributed by atoms with E-state index in [0.29, 0.717) is 59.5 Å². The summed E-state index contributed by atoms with van der Waals surface area (Å²) in [6, 6.07) is 3.31. The normalized spacial score (nSPS) is 28.4. The van der Waals surface area contributed by atoms with E-state index in [0.717, 1.165) is 44.2 Å². The molecule has 4 saturated heterocycles. The van der Waals surface area contributed by atoms with Crippen molar-refractivity contribution in [3.8, 4) is 23.0 Å². The second kappa shape index (κ2) is 13.4. The van der Waals surface area contributed by atoms with Gasteiger partial charge in [0.25, 0.3) is 0 Å². The molecule has 1 saturated carbocycles. The van der Waals surface area contributed by atoms with Crippen LogP contribution in [0.3, 0.4) is 0 Å². The molecule has 2 aromatic heterocycles. The number of carbonyl (C=O) groups excluding carboxylic acids is 1. The molecule has 14 heteroatoms. The Morgan fingerprint density at radius 1 is 1.12 bits per heavy atom. The van der Waals surface area contributed by atoms with Gasteiger partial charge in [-0.3, -0.25) is 14.8 Å². The van der Waals surface area contributed by atoms with Gasteiger partial charge in [0, 0.05) is 49.9 Å². The zero-order valence-corrected chi connectivity index (χ0v) is 31.2. The molecule has 4 aliphatic heterocycles. The first-order valence-electron chi connectivity index (χ1n) is 18.4. The molecule has 2 bridgehead atoms. The summed E-state index contributed by atoms with van der Waals surface area (Å²) in [6.07, 6.45) is 5.10. The number of carbonyl (C=O) groups is 1. The lowest BCUT2D eigenvalue weighted by atomic mass is 9.95. The molecule has 1 aromatic carbocycles. The van der Waals surface area contributed by atoms with Crippen LogP contribution < -0.4 is 14.4 Å². The van der Waals surface area contributed by atoms with Gasteiger partial charge in [0.1, 0.15) is 41.2 Å². The predicted molar refractivity (Wildman–Crippen MR) is 192 cm³/mol. The van der Waals surface area contributed by atoms with Crippen molar-refractivity contribution in [2.24, 2.45) is 5.92 Å². The van der Waals surface area contributed by atoms with Crippen LogP contribution in [0.4, 0.5) is 19.4 Å². The average Bonchev–Trinajstić information content (AvgIpc) is 3.39. The van der Waals surface area contributed by atoms with E-state index in [2.05, 4.69) is 21.7 Å². The number of benzene rings is 1. The van der Waals surface area contributed by atoms with Gasteiger partial charge in [0.15, 0.2) is 12.6 Å². The second-order valence-electron chi connectivity index (χ2n) is 16.3. The third kappa shape index (κ3) is 6.51. The summed E-state index contributed by atoms with van der Waals surface area (Å²) in [5.74, 6) is 0.853. The summed E-state index contributed by atoms with van der Waals surface area (Å²) in [4.78, 5) is 33.7. The van der Waals surface area contributed by atoms with Crippen molar-refractivity contribution in [3.05, 3.63) is 34.7 Å². The maximum atomic E-state index is 17.2. The Hall–Kier alpha value is -3.55. The van der Waals surface area contributed by atoms with Crippen LogP contribution in [0.15, 0.2) is 18.3 Å². The minimum Gasteiger partial charge on any atom is -0.467 e. The van der Waals surface area contributed by atoms with E-state index in [1.165, 1.54) is 7.11 Å². The maximum absolute atomic E-state index is 17.2. The Labute approximate surface area is 307 Å². The summed E-state index contributed by atoms with van der Waals surface area (Å²) in [6.45, 7) is 10.1. The monoisotopic (exact) mass is 740 g/mol. The topological polar surface area (TPSA) is 102 Å². The number of halogens is 3. The van der Waals surface area contributed by atoms with Crippen LogP contribution >= 0.6 is 11.6 Å². The molecule has 6 atom stereocenters. The number of methoxy groups -OCH3 is 1. The minimum absolute atomic E-state index is 0.00507. The van der Waals surface area contributed by atoms with Crippen LogP contribution in [0.5, 0.6) is 11.8 Å². The number of piperazine rings is 1. The Morgan fingerprint density at radius 3 is 2.56 bits per heavy atom. The number of fused-ring (bicyclic) bond motifs is 4. The summed E-state index contributed by atoms with van der Waals surface area (Å²) in [7, 11) is 1.53. The first-order chi connectivity index (χ1) is 24.8. The van der Waals surface area contributed by atoms with Crippen molar-refractivity contribution in [3.63, 3.8) is 0 Å². The Morgan fingerprint density at radius 2 is 1.87 bits per heavy atom. The van der Waals surface area contributed by atoms with Gasteiger partial charge in [0.05, 0.1) is 23.0 Å². The van der Waals surface area contributed by atoms with Crippen LogP contribution in [-0.4, -0.2) is 107 Å². The van der Waals surface area contributed by atoms with Crippen LogP contribution in [0.2, 0.25) is 5.02 Å².